The van der Waals surface area contributed by atoms with Crippen LogP contribution in [0.3, 0.4) is 0 Å². The fraction of sp³-hybridized carbons (Fsp3) is 0.471. The summed E-state index contributed by atoms with van der Waals surface area (Å²) in [5.74, 6) is 0.507. The number of nitrogens with zero attached hydrogens (tertiary/aromatic N) is 3. The summed E-state index contributed by atoms with van der Waals surface area (Å²) in [5, 5.41) is 9.79. The molecule has 1 aliphatic carbocycles. The molecule has 7 heteroatoms. The monoisotopic (exact) mass is 365 g/mol. The van der Waals surface area contributed by atoms with Gasteiger partial charge in [0.25, 0.3) is 0 Å². The number of methoxy groups -OCH3 is 1. The van der Waals surface area contributed by atoms with Gasteiger partial charge in [0.2, 0.25) is 0 Å². The van der Waals surface area contributed by atoms with Gasteiger partial charge in [0, 0.05) is 11.6 Å². The average molecular weight is 366 g/mol. The number of hydrogen-bond acceptors (Lipinski definition) is 5. The van der Waals surface area contributed by atoms with Gasteiger partial charge in [0.05, 0.1) is 12.1 Å². The third-order valence-corrected chi connectivity index (χ3v) is 5.65. The zero-order valence-electron chi connectivity index (χ0n) is 13.7. The highest BCUT2D eigenvalue weighted by molar-refractivity contribution is 8.00. The second-order valence-corrected chi connectivity index (χ2v) is 7.59. The maximum atomic E-state index is 11.8. The van der Waals surface area contributed by atoms with Crippen molar-refractivity contribution >= 4 is 29.3 Å². The second-order valence-electron chi connectivity index (χ2n) is 5.88. The highest BCUT2D eigenvalue weighted by Gasteiger charge is 2.28. The zero-order valence-corrected chi connectivity index (χ0v) is 15.3. The van der Waals surface area contributed by atoms with Crippen molar-refractivity contribution in [2.24, 2.45) is 0 Å². The van der Waals surface area contributed by atoms with E-state index in [0.29, 0.717) is 11.1 Å². The van der Waals surface area contributed by atoms with Gasteiger partial charge in [-0.05, 0) is 31.9 Å². The molecule has 2 aromatic rings. The minimum absolute atomic E-state index is 0.264. The third-order valence-electron chi connectivity index (χ3n) is 4.28. The Bertz CT molecular complexity index is 728. The average Bonchev–Trinajstić information content (AvgIpc) is 3.23. The van der Waals surface area contributed by atoms with Crippen LogP contribution in [0.2, 0.25) is 5.02 Å². The smallest absolute Gasteiger partial charge is 0.318 e. The number of hydrogen-bond donors (Lipinski definition) is 0. The number of benzene rings is 1. The van der Waals surface area contributed by atoms with Gasteiger partial charge in [0.15, 0.2) is 11.0 Å². The van der Waals surface area contributed by atoms with Crippen LogP contribution in [0.4, 0.5) is 0 Å². The van der Waals surface area contributed by atoms with Crippen molar-refractivity contribution < 1.29 is 9.53 Å². The molecule has 3 rings (SSSR count). The van der Waals surface area contributed by atoms with Gasteiger partial charge < -0.3 is 4.74 Å². The molecule has 0 spiro atoms. The SMILES string of the molecule is COC(=O)[C@@H](C)Sc1nnc(-c2ccccc2Cl)n1C1CCCC1. The summed E-state index contributed by atoms with van der Waals surface area (Å²) in [6.07, 6.45) is 4.58. The van der Waals surface area contributed by atoms with Gasteiger partial charge >= 0.3 is 5.97 Å². The Kier molecular flexibility index (Phi) is 5.46. The van der Waals surface area contributed by atoms with E-state index in [0.717, 1.165) is 29.4 Å². The number of esters is 1. The van der Waals surface area contributed by atoms with E-state index in [1.807, 2.05) is 31.2 Å². The van der Waals surface area contributed by atoms with E-state index in [4.69, 9.17) is 16.3 Å². The molecule has 5 nitrogen and oxygen atoms in total. The van der Waals surface area contributed by atoms with Crippen molar-refractivity contribution in [3.63, 3.8) is 0 Å². The van der Waals surface area contributed by atoms with E-state index in [2.05, 4.69) is 14.8 Å². The first kappa shape index (κ1) is 17.3. The number of carbonyl (C=O) groups excluding carboxylic acids is 1. The topological polar surface area (TPSA) is 57.0 Å². The van der Waals surface area contributed by atoms with Crippen LogP contribution >= 0.6 is 23.4 Å². The van der Waals surface area contributed by atoms with E-state index in [-0.39, 0.29) is 11.2 Å². The molecule has 0 N–H and O–H groups in total. The Labute approximate surface area is 150 Å². The van der Waals surface area contributed by atoms with Crippen LogP contribution in [-0.2, 0) is 9.53 Å². The first-order valence-electron chi connectivity index (χ1n) is 8.06. The van der Waals surface area contributed by atoms with Gasteiger partial charge in [-0.15, -0.1) is 10.2 Å². The summed E-state index contributed by atoms with van der Waals surface area (Å²) < 4.78 is 6.97. The third kappa shape index (κ3) is 3.44. The normalized spacial score (nSPS) is 16.3. The molecule has 1 saturated carbocycles. The molecule has 24 heavy (non-hydrogen) atoms. The first-order chi connectivity index (χ1) is 11.6. The van der Waals surface area contributed by atoms with Crippen LogP contribution in [0.15, 0.2) is 29.4 Å². The van der Waals surface area contributed by atoms with Crippen LogP contribution in [0.5, 0.6) is 0 Å². The Morgan fingerprint density at radius 3 is 2.71 bits per heavy atom. The number of ether oxygens (including phenoxy) is 1. The Morgan fingerprint density at radius 2 is 2.04 bits per heavy atom. The highest BCUT2D eigenvalue weighted by Crippen LogP contribution is 2.38. The minimum atomic E-state index is -0.335. The van der Waals surface area contributed by atoms with E-state index >= 15 is 0 Å². The molecule has 1 aromatic carbocycles. The number of carbonyl (C=O) groups is 1. The van der Waals surface area contributed by atoms with Crippen molar-refractivity contribution in [1.82, 2.24) is 14.8 Å². The maximum Gasteiger partial charge on any atom is 0.318 e. The molecule has 0 saturated heterocycles. The largest absolute Gasteiger partial charge is 0.468 e. The van der Waals surface area contributed by atoms with Crippen LogP contribution < -0.4 is 0 Å². The summed E-state index contributed by atoms with van der Waals surface area (Å²) in [7, 11) is 1.40. The Morgan fingerprint density at radius 1 is 1.33 bits per heavy atom. The molecule has 128 valence electrons. The van der Waals surface area contributed by atoms with Gasteiger partial charge in [-0.3, -0.25) is 9.36 Å². The van der Waals surface area contributed by atoms with Gasteiger partial charge in [0.1, 0.15) is 5.25 Å². The first-order valence-corrected chi connectivity index (χ1v) is 9.32. The summed E-state index contributed by atoms with van der Waals surface area (Å²) in [6, 6.07) is 8.00. The Hall–Kier alpha value is -1.53. The van der Waals surface area contributed by atoms with Crippen molar-refractivity contribution in [2.75, 3.05) is 7.11 Å². The molecule has 1 aromatic heterocycles. The van der Waals surface area contributed by atoms with Crippen LogP contribution in [0.1, 0.15) is 38.6 Å². The van der Waals surface area contributed by atoms with Crippen molar-refractivity contribution in [1.29, 1.82) is 0 Å². The van der Waals surface area contributed by atoms with E-state index in [9.17, 15) is 4.79 Å². The second kappa shape index (κ2) is 7.57. The fourth-order valence-corrected chi connectivity index (χ4v) is 4.21. The Balaban J connectivity index is 2.01. The van der Waals surface area contributed by atoms with Gasteiger partial charge in [-0.2, -0.15) is 0 Å². The molecule has 0 aliphatic heterocycles. The lowest BCUT2D eigenvalue weighted by molar-refractivity contribution is -0.139. The molecule has 0 bridgehead atoms. The van der Waals surface area contributed by atoms with Crippen molar-refractivity contribution in [3.05, 3.63) is 29.3 Å². The fourth-order valence-electron chi connectivity index (χ4n) is 3.05. The standard InChI is InChI=1S/C17H20ClN3O2S/c1-11(16(22)23-2)24-17-20-19-15(13-9-5-6-10-14(13)18)21(17)12-7-3-4-8-12/h5-6,9-12H,3-4,7-8H2,1-2H3/t11-/m1/s1. The summed E-state index contributed by atoms with van der Waals surface area (Å²) in [6.45, 7) is 1.82. The van der Waals surface area contributed by atoms with E-state index < -0.39 is 0 Å². The van der Waals surface area contributed by atoms with Crippen LogP contribution in [-0.4, -0.2) is 33.1 Å². The van der Waals surface area contributed by atoms with Gasteiger partial charge in [-0.25, -0.2) is 0 Å². The van der Waals surface area contributed by atoms with E-state index in [1.54, 1.807) is 0 Å². The molecule has 0 radical (unpaired) electrons. The highest BCUT2D eigenvalue weighted by atomic mass is 35.5. The lowest BCUT2D eigenvalue weighted by Gasteiger charge is -2.18. The predicted octanol–water partition coefficient (Wildman–Crippen LogP) is 4.37. The van der Waals surface area contributed by atoms with Crippen LogP contribution in [0.25, 0.3) is 11.4 Å². The summed E-state index contributed by atoms with van der Waals surface area (Å²) >= 11 is 7.75. The minimum Gasteiger partial charge on any atom is -0.468 e. The van der Waals surface area contributed by atoms with Crippen molar-refractivity contribution in [3.8, 4) is 11.4 Å². The number of halogens is 1. The molecular formula is C17H20ClN3O2S. The van der Waals surface area contributed by atoms with Crippen LogP contribution in [0, 0.1) is 0 Å². The lowest BCUT2D eigenvalue weighted by Crippen LogP contribution is -2.16. The molecule has 1 fully saturated rings. The van der Waals surface area contributed by atoms with E-state index in [1.165, 1.54) is 31.7 Å². The molecule has 1 aliphatic rings. The molecule has 1 atom stereocenters. The number of thioether (sulfide) groups is 1. The quantitative estimate of drug-likeness (QED) is 0.581. The zero-order chi connectivity index (χ0) is 17.1. The maximum absolute atomic E-state index is 11.8. The molecule has 1 heterocycles. The summed E-state index contributed by atoms with van der Waals surface area (Å²) in [5.41, 5.74) is 0.871. The van der Waals surface area contributed by atoms with Crippen molar-refractivity contribution in [2.45, 2.75) is 49.1 Å². The van der Waals surface area contributed by atoms with Gasteiger partial charge in [-0.1, -0.05) is 48.3 Å². The lowest BCUT2D eigenvalue weighted by atomic mass is 10.2. The number of aromatic nitrogens is 3. The predicted molar refractivity (Wildman–Crippen MR) is 95.3 cm³/mol. The molecule has 0 unspecified atom stereocenters. The summed E-state index contributed by atoms with van der Waals surface area (Å²) in [4.78, 5) is 11.8. The molecule has 0 amide bonds. The number of rotatable bonds is 5. The molecular weight excluding hydrogens is 346 g/mol.